The number of carbonyl (C=O) groups is 1. The van der Waals surface area contributed by atoms with E-state index >= 15 is 0 Å². The third-order valence-corrected chi connectivity index (χ3v) is 3.33. The van der Waals surface area contributed by atoms with Crippen molar-refractivity contribution in [3.05, 3.63) is 46.7 Å². The molecule has 0 radical (unpaired) electrons. The van der Waals surface area contributed by atoms with Gasteiger partial charge in [-0.15, -0.1) is 0 Å². The molecule has 0 spiro atoms. The number of benzene rings is 1. The highest BCUT2D eigenvalue weighted by atomic mass is 32.1. The van der Waals surface area contributed by atoms with Crippen LogP contribution in [0.1, 0.15) is 12.0 Å². The number of hydrogen-bond donors (Lipinski definition) is 1. The van der Waals surface area contributed by atoms with E-state index in [0.29, 0.717) is 12.2 Å². The maximum Gasteiger partial charge on any atom is 0.224 e. The van der Waals surface area contributed by atoms with Gasteiger partial charge in [-0.25, -0.2) is 0 Å². The molecular formula is C14H15NO2S. The molecule has 1 aromatic heterocycles. The highest BCUT2D eigenvalue weighted by molar-refractivity contribution is 7.07. The maximum atomic E-state index is 11.8. The Hall–Kier alpha value is -1.81. The van der Waals surface area contributed by atoms with Crippen LogP contribution in [0.2, 0.25) is 0 Å². The van der Waals surface area contributed by atoms with Crippen molar-refractivity contribution in [2.24, 2.45) is 0 Å². The molecule has 1 N–H and O–H groups in total. The molecule has 1 amide bonds. The van der Waals surface area contributed by atoms with Gasteiger partial charge < -0.3 is 10.1 Å². The first kappa shape index (κ1) is 12.6. The second-order valence-electron chi connectivity index (χ2n) is 3.88. The van der Waals surface area contributed by atoms with Gasteiger partial charge in [-0.1, -0.05) is 12.1 Å². The van der Waals surface area contributed by atoms with Gasteiger partial charge >= 0.3 is 0 Å². The molecule has 0 fully saturated rings. The number of hydrogen-bond acceptors (Lipinski definition) is 3. The van der Waals surface area contributed by atoms with E-state index in [9.17, 15) is 4.79 Å². The van der Waals surface area contributed by atoms with Gasteiger partial charge in [-0.2, -0.15) is 11.3 Å². The lowest BCUT2D eigenvalue weighted by atomic mass is 10.2. The first-order valence-electron chi connectivity index (χ1n) is 5.73. The highest BCUT2D eigenvalue weighted by Gasteiger charge is 2.07. The summed E-state index contributed by atoms with van der Waals surface area (Å²) in [4.78, 5) is 11.8. The topological polar surface area (TPSA) is 38.3 Å². The highest BCUT2D eigenvalue weighted by Crippen LogP contribution is 2.23. The fourth-order valence-electron chi connectivity index (χ4n) is 1.65. The van der Waals surface area contributed by atoms with Gasteiger partial charge in [0.15, 0.2) is 0 Å². The van der Waals surface area contributed by atoms with Gasteiger partial charge in [-0.3, -0.25) is 4.79 Å². The van der Waals surface area contributed by atoms with Gasteiger partial charge in [0.05, 0.1) is 12.8 Å². The molecule has 94 valence electrons. The molecule has 0 aliphatic heterocycles. The lowest BCUT2D eigenvalue weighted by molar-refractivity contribution is -0.116. The van der Waals surface area contributed by atoms with E-state index in [0.717, 1.165) is 12.1 Å². The minimum Gasteiger partial charge on any atom is -0.495 e. The first-order valence-corrected chi connectivity index (χ1v) is 6.68. The molecule has 1 heterocycles. The predicted molar refractivity (Wildman–Crippen MR) is 74.3 cm³/mol. The van der Waals surface area contributed by atoms with Crippen LogP contribution in [0, 0.1) is 0 Å². The molecule has 0 aliphatic carbocycles. The Morgan fingerprint density at radius 3 is 2.89 bits per heavy atom. The van der Waals surface area contributed by atoms with Crippen molar-refractivity contribution in [1.29, 1.82) is 0 Å². The molecule has 0 saturated heterocycles. The smallest absolute Gasteiger partial charge is 0.224 e. The summed E-state index contributed by atoms with van der Waals surface area (Å²) in [5.74, 6) is 0.687. The number of carbonyl (C=O) groups excluding carboxylic acids is 1. The first-order chi connectivity index (χ1) is 8.79. The van der Waals surface area contributed by atoms with Crippen LogP contribution in [0.25, 0.3) is 0 Å². The average molecular weight is 261 g/mol. The summed E-state index contributed by atoms with van der Waals surface area (Å²) in [5.41, 5.74) is 1.92. The SMILES string of the molecule is COc1ccccc1NC(=O)CCc1ccsc1. The Labute approximate surface area is 110 Å². The van der Waals surface area contributed by atoms with Gasteiger partial charge in [0.1, 0.15) is 5.75 Å². The fraction of sp³-hybridized carbons (Fsp3) is 0.214. The molecule has 0 unspecified atom stereocenters. The second kappa shape index (κ2) is 6.21. The maximum absolute atomic E-state index is 11.8. The minimum atomic E-state index is 0.00528. The Balaban J connectivity index is 1.90. The molecule has 0 atom stereocenters. The Morgan fingerprint density at radius 2 is 2.17 bits per heavy atom. The summed E-state index contributed by atoms with van der Waals surface area (Å²) in [5, 5.41) is 6.95. The minimum absolute atomic E-state index is 0.00528. The Kier molecular flexibility index (Phi) is 4.36. The van der Waals surface area contributed by atoms with Crippen molar-refractivity contribution < 1.29 is 9.53 Å². The summed E-state index contributed by atoms with van der Waals surface area (Å²) in [6.45, 7) is 0. The zero-order chi connectivity index (χ0) is 12.8. The fourth-order valence-corrected chi connectivity index (χ4v) is 2.36. The molecule has 2 rings (SSSR count). The van der Waals surface area contributed by atoms with Crippen molar-refractivity contribution in [1.82, 2.24) is 0 Å². The van der Waals surface area contributed by atoms with Gasteiger partial charge in [0.2, 0.25) is 5.91 Å². The van der Waals surface area contributed by atoms with E-state index in [-0.39, 0.29) is 5.91 Å². The number of aryl methyl sites for hydroxylation is 1. The number of rotatable bonds is 5. The molecular weight excluding hydrogens is 246 g/mol. The van der Waals surface area contributed by atoms with Crippen LogP contribution in [0.5, 0.6) is 5.75 Å². The van der Waals surface area contributed by atoms with Crippen molar-refractivity contribution in [3.8, 4) is 5.75 Å². The number of ether oxygens (including phenoxy) is 1. The third kappa shape index (κ3) is 3.34. The van der Waals surface area contributed by atoms with Crippen LogP contribution < -0.4 is 10.1 Å². The molecule has 0 bridgehead atoms. The number of anilines is 1. The lowest BCUT2D eigenvalue weighted by Gasteiger charge is -2.09. The molecule has 0 aliphatic rings. The zero-order valence-corrected chi connectivity index (χ0v) is 11.0. The number of methoxy groups -OCH3 is 1. The molecule has 0 saturated carbocycles. The van der Waals surface area contributed by atoms with Crippen LogP contribution >= 0.6 is 11.3 Å². The second-order valence-corrected chi connectivity index (χ2v) is 4.66. The van der Waals surface area contributed by atoms with Crippen LogP contribution in [-0.2, 0) is 11.2 Å². The lowest BCUT2D eigenvalue weighted by Crippen LogP contribution is -2.12. The van der Waals surface area contributed by atoms with Gasteiger partial charge in [0.25, 0.3) is 0 Å². The molecule has 3 nitrogen and oxygen atoms in total. The summed E-state index contributed by atoms with van der Waals surface area (Å²) in [7, 11) is 1.59. The van der Waals surface area contributed by atoms with Crippen LogP contribution in [0.15, 0.2) is 41.1 Å². The van der Waals surface area contributed by atoms with Gasteiger partial charge in [-0.05, 0) is 40.9 Å². The Bertz CT molecular complexity index is 508. The predicted octanol–water partition coefficient (Wildman–Crippen LogP) is 3.33. The van der Waals surface area contributed by atoms with Crippen LogP contribution in [0.4, 0.5) is 5.69 Å². The van der Waals surface area contributed by atoms with E-state index in [1.54, 1.807) is 18.4 Å². The number of amides is 1. The van der Waals surface area contributed by atoms with E-state index < -0.39 is 0 Å². The number of nitrogens with one attached hydrogen (secondary N) is 1. The normalized spacial score (nSPS) is 10.1. The van der Waals surface area contributed by atoms with Crippen LogP contribution in [0.3, 0.4) is 0 Å². The van der Waals surface area contributed by atoms with Crippen LogP contribution in [-0.4, -0.2) is 13.0 Å². The summed E-state index contributed by atoms with van der Waals surface area (Å²) in [6.07, 6.45) is 1.25. The molecule has 18 heavy (non-hydrogen) atoms. The third-order valence-electron chi connectivity index (χ3n) is 2.60. The quantitative estimate of drug-likeness (QED) is 0.896. The molecule has 4 heteroatoms. The van der Waals surface area contributed by atoms with E-state index in [1.165, 1.54) is 5.56 Å². The summed E-state index contributed by atoms with van der Waals surface area (Å²) >= 11 is 1.65. The van der Waals surface area contributed by atoms with E-state index in [4.69, 9.17) is 4.74 Å². The largest absolute Gasteiger partial charge is 0.495 e. The summed E-state index contributed by atoms with van der Waals surface area (Å²) < 4.78 is 5.18. The van der Waals surface area contributed by atoms with Crippen molar-refractivity contribution >= 4 is 22.9 Å². The monoisotopic (exact) mass is 261 g/mol. The van der Waals surface area contributed by atoms with E-state index in [2.05, 4.69) is 10.7 Å². The average Bonchev–Trinajstić information content (AvgIpc) is 2.90. The standard InChI is InChI=1S/C14H15NO2S/c1-17-13-5-3-2-4-12(13)15-14(16)7-6-11-8-9-18-10-11/h2-5,8-10H,6-7H2,1H3,(H,15,16). The summed E-state index contributed by atoms with van der Waals surface area (Å²) in [6, 6.07) is 9.45. The zero-order valence-electron chi connectivity index (χ0n) is 10.2. The number of para-hydroxylation sites is 2. The van der Waals surface area contributed by atoms with E-state index in [1.807, 2.05) is 35.7 Å². The van der Waals surface area contributed by atoms with Crippen molar-refractivity contribution in [3.63, 3.8) is 0 Å². The Morgan fingerprint density at radius 1 is 1.33 bits per heavy atom. The van der Waals surface area contributed by atoms with Crippen molar-refractivity contribution in [2.45, 2.75) is 12.8 Å². The van der Waals surface area contributed by atoms with Gasteiger partial charge in [0, 0.05) is 6.42 Å². The van der Waals surface area contributed by atoms with Crippen molar-refractivity contribution in [2.75, 3.05) is 12.4 Å². The molecule has 1 aromatic carbocycles. The molecule has 2 aromatic rings. The number of thiophene rings is 1.